The molecule has 1 saturated heterocycles. The summed E-state index contributed by atoms with van der Waals surface area (Å²) in [5.41, 5.74) is 2.42. The predicted octanol–water partition coefficient (Wildman–Crippen LogP) is 3.73. The minimum Gasteiger partial charge on any atom is -0.452 e. The normalized spacial score (nSPS) is 13.9. The Kier molecular flexibility index (Phi) is 6.64. The highest BCUT2D eigenvalue weighted by Crippen LogP contribution is 2.21. The van der Waals surface area contributed by atoms with Crippen LogP contribution in [0.25, 0.3) is 0 Å². The van der Waals surface area contributed by atoms with Gasteiger partial charge in [0.15, 0.2) is 6.61 Å². The molecule has 0 atom stereocenters. The lowest BCUT2D eigenvalue weighted by atomic mass is 10.1. The van der Waals surface area contributed by atoms with Crippen molar-refractivity contribution in [1.82, 2.24) is 0 Å². The van der Waals surface area contributed by atoms with E-state index in [1.54, 1.807) is 18.2 Å². The molecule has 3 rings (SSSR count). The second-order valence-corrected chi connectivity index (χ2v) is 6.77. The summed E-state index contributed by atoms with van der Waals surface area (Å²) >= 11 is 0. The van der Waals surface area contributed by atoms with E-state index in [1.165, 1.54) is 31.7 Å². The minimum absolute atomic E-state index is 0.244. The maximum atomic E-state index is 12.1. The zero-order valence-corrected chi connectivity index (χ0v) is 15.7. The molecule has 0 radical (unpaired) electrons. The number of ether oxygens (including phenoxy) is 1. The first-order valence-corrected chi connectivity index (χ1v) is 9.48. The van der Waals surface area contributed by atoms with Crippen molar-refractivity contribution in [3.8, 4) is 6.07 Å². The standard InChI is InChI=1S/C22H23N3O3/c23-15-17-6-5-7-18(14-17)22(27)28-16-21(26)24-19-8-10-20(11-9-19)25-12-3-1-2-4-13-25/h5-11,14H,1-4,12-13,16H2,(H,24,26). The zero-order valence-electron chi connectivity index (χ0n) is 15.7. The number of esters is 1. The zero-order chi connectivity index (χ0) is 19.8. The molecule has 1 heterocycles. The number of hydrogen-bond acceptors (Lipinski definition) is 5. The average Bonchev–Trinajstić information content (AvgIpc) is 3.02. The lowest BCUT2D eigenvalue weighted by Gasteiger charge is -2.22. The van der Waals surface area contributed by atoms with Gasteiger partial charge in [-0.1, -0.05) is 18.9 Å². The van der Waals surface area contributed by atoms with Gasteiger partial charge in [0.1, 0.15) is 0 Å². The molecule has 1 amide bonds. The second kappa shape index (κ2) is 9.56. The summed E-state index contributed by atoms with van der Waals surface area (Å²) in [6.07, 6.45) is 4.98. The van der Waals surface area contributed by atoms with Gasteiger partial charge < -0.3 is 15.0 Å². The number of rotatable bonds is 5. The molecule has 0 unspecified atom stereocenters. The summed E-state index contributed by atoms with van der Waals surface area (Å²) in [6, 6.07) is 15.8. The molecule has 2 aromatic rings. The summed E-state index contributed by atoms with van der Waals surface area (Å²) in [4.78, 5) is 26.4. The van der Waals surface area contributed by atoms with Crippen LogP contribution in [0.4, 0.5) is 11.4 Å². The molecule has 2 aromatic carbocycles. The third-order valence-electron chi connectivity index (χ3n) is 4.68. The Morgan fingerprint density at radius 1 is 1.04 bits per heavy atom. The van der Waals surface area contributed by atoms with Gasteiger partial charge in [0.2, 0.25) is 0 Å². The number of carbonyl (C=O) groups is 2. The fraction of sp³-hybridized carbons (Fsp3) is 0.318. The number of anilines is 2. The smallest absolute Gasteiger partial charge is 0.338 e. The van der Waals surface area contributed by atoms with Crippen LogP contribution in [-0.2, 0) is 9.53 Å². The van der Waals surface area contributed by atoms with Crippen molar-refractivity contribution in [1.29, 1.82) is 5.26 Å². The van der Waals surface area contributed by atoms with Crippen molar-refractivity contribution in [3.63, 3.8) is 0 Å². The molecule has 28 heavy (non-hydrogen) atoms. The monoisotopic (exact) mass is 377 g/mol. The first-order valence-electron chi connectivity index (χ1n) is 9.48. The summed E-state index contributed by atoms with van der Waals surface area (Å²) in [5.74, 6) is -1.05. The van der Waals surface area contributed by atoms with Gasteiger partial charge in [-0.3, -0.25) is 4.79 Å². The van der Waals surface area contributed by atoms with Crippen LogP contribution in [0.2, 0.25) is 0 Å². The minimum atomic E-state index is -0.635. The molecule has 1 N–H and O–H groups in total. The Hall–Kier alpha value is -3.33. The first kappa shape index (κ1) is 19.4. The Morgan fingerprint density at radius 3 is 2.43 bits per heavy atom. The summed E-state index contributed by atoms with van der Waals surface area (Å²) in [6.45, 7) is 1.74. The van der Waals surface area contributed by atoms with Crippen LogP contribution in [0, 0.1) is 11.3 Å². The predicted molar refractivity (Wildman–Crippen MR) is 107 cm³/mol. The van der Waals surface area contributed by atoms with Crippen molar-refractivity contribution in [2.24, 2.45) is 0 Å². The number of nitrogens with zero attached hydrogens (tertiary/aromatic N) is 2. The maximum absolute atomic E-state index is 12.1. The fourth-order valence-electron chi connectivity index (χ4n) is 3.21. The molecule has 144 valence electrons. The third kappa shape index (κ3) is 5.34. The number of carbonyl (C=O) groups excluding carboxylic acids is 2. The van der Waals surface area contributed by atoms with Crippen LogP contribution in [0.1, 0.15) is 41.6 Å². The van der Waals surface area contributed by atoms with Crippen LogP contribution >= 0.6 is 0 Å². The van der Waals surface area contributed by atoms with Gasteiger partial charge in [-0.15, -0.1) is 0 Å². The molecule has 6 heteroatoms. The summed E-state index contributed by atoms with van der Waals surface area (Å²) in [5, 5.41) is 11.6. The van der Waals surface area contributed by atoms with Gasteiger partial charge in [0.05, 0.1) is 17.2 Å². The van der Waals surface area contributed by atoms with E-state index in [0.717, 1.165) is 18.8 Å². The van der Waals surface area contributed by atoms with E-state index in [1.807, 2.05) is 30.3 Å². The van der Waals surface area contributed by atoms with Crippen LogP contribution in [0.15, 0.2) is 48.5 Å². The molecule has 0 spiro atoms. The van der Waals surface area contributed by atoms with E-state index >= 15 is 0 Å². The van der Waals surface area contributed by atoms with Crippen molar-refractivity contribution in [2.45, 2.75) is 25.7 Å². The Morgan fingerprint density at radius 2 is 1.75 bits per heavy atom. The molecular formula is C22H23N3O3. The second-order valence-electron chi connectivity index (χ2n) is 6.77. The van der Waals surface area contributed by atoms with Crippen molar-refractivity contribution < 1.29 is 14.3 Å². The Labute approximate surface area is 164 Å². The van der Waals surface area contributed by atoms with E-state index in [9.17, 15) is 9.59 Å². The maximum Gasteiger partial charge on any atom is 0.338 e. The lowest BCUT2D eigenvalue weighted by molar-refractivity contribution is -0.119. The van der Waals surface area contributed by atoms with E-state index in [4.69, 9.17) is 10.00 Å². The number of nitriles is 1. The summed E-state index contributed by atoms with van der Waals surface area (Å²) in [7, 11) is 0. The highest BCUT2D eigenvalue weighted by atomic mass is 16.5. The first-order chi connectivity index (χ1) is 13.7. The van der Waals surface area contributed by atoms with Gasteiger partial charge in [-0.2, -0.15) is 5.26 Å². The summed E-state index contributed by atoms with van der Waals surface area (Å²) < 4.78 is 5.03. The average molecular weight is 377 g/mol. The number of amides is 1. The van der Waals surface area contributed by atoms with Crippen molar-refractivity contribution >= 4 is 23.3 Å². The molecule has 0 saturated carbocycles. The SMILES string of the molecule is N#Cc1cccc(C(=O)OCC(=O)Nc2ccc(N3CCCCCC3)cc2)c1. The van der Waals surface area contributed by atoms with Crippen LogP contribution in [-0.4, -0.2) is 31.6 Å². The molecule has 1 fully saturated rings. The largest absolute Gasteiger partial charge is 0.452 e. The molecule has 1 aliphatic rings. The van der Waals surface area contributed by atoms with Crippen LogP contribution in [0.3, 0.4) is 0 Å². The highest BCUT2D eigenvalue weighted by Gasteiger charge is 2.12. The van der Waals surface area contributed by atoms with E-state index in [0.29, 0.717) is 11.3 Å². The number of hydrogen-bond donors (Lipinski definition) is 1. The van der Waals surface area contributed by atoms with Gasteiger partial charge in [-0.05, 0) is 55.3 Å². The van der Waals surface area contributed by atoms with E-state index in [-0.39, 0.29) is 12.2 Å². The molecular weight excluding hydrogens is 354 g/mol. The highest BCUT2D eigenvalue weighted by molar-refractivity contribution is 5.95. The van der Waals surface area contributed by atoms with Gasteiger partial charge >= 0.3 is 5.97 Å². The third-order valence-corrected chi connectivity index (χ3v) is 4.68. The molecule has 0 bridgehead atoms. The van der Waals surface area contributed by atoms with Gasteiger partial charge in [0.25, 0.3) is 5.91 Å². The van der Waals surface area contributed by atoms with Crippen LogP contribution in [0.5, 0.6) is 0 Å². The Balaban J connectivity index is 1.50. The fourth-order valence-corrected chi connectivity index (χ4v) is 3.21. The molecule has 1 aliphatic heterocycles. The molecule has 0 aromatic heterocycles. The van der Waals surface area contributed by atoms with Crippen molar-refractivity contribution in [3.05, 3.63) is 59.7 Å². The Bertz CT molecular complexity index is 863. The number of nitrogens with one attached hydrogen (secondary N) is 1. The van der Waals surface area contributed by atoms with Gasteiger partial charge in [0, 0.05) is 24.5 Å². The van der Waals surface area contributed by atoms with Gasteiger partial charge in [-0.25, -0.2) is 4.79 Å². The quantitative estimate of drug-likeness (QED) is 0.803. The van der Waals surface area contributed by atoms with Crippen LogP contribution < -0.4 is 10.2 Å². The topological polar surface area (TPSA) is 82.4 Å². The lowest BCUT2D eigenvalue weighted by Crippen LogP contribution is -2.24. The van der Waals surface area contributed by atoms with E-state index in [2.05, 4.69) is 10.2 Å². The number of benzene rings is 2. The molecule has 6 nitrogen and oxygen atoms in total. The van der Waals surface area contributed by atoms with E-state index < -0.39 is 11.9 Å². The van der Waals surface area contributed by atoms with Crippen molar-refractivity contribution in [2.75, 3.05) is 29.9 Å². The molecule has 0 aliphatic carbocycles.